The maximum atomic E-state index is 12.0. The van der Waals surface area contributed by atoms with Crippen molar-refractivity contribution in [2.75, 3.05) is 0 Å². The zero-order valence-electron chi connectivity index (χ0n) is 9.95. The van der Waals surface area contributed by atoms with Crippen LogP contribution in [0.15, 0.2) is 18.3 Å². The van der Waals surface area contributed by atoms with Crippen LogP contribution in [0.1, 0.15) is 41.5 Å². The quantitative estimate of drug-likeness (QED) is 0.739. The number of Topliss-reactive ketones (excluding diaryl/α,β-unsaturated/α-hetero) is 1. The van der Waals surface area contributed by atoms with Gasteiger partial charge < -0.3 is 0 Å². The van der Waals surface area contributed by atoms with Gasteiger partial charge in [0.2, 0.25) is 0 Å². The van der Waals surface area contributed by atoms with Gasteiger partial charge in [-0.15, -0.1) is 0 Å². The number of carbonyl (C=O) groups excluding carboxylic acids is 1. The van der Waals surface area contributed by atoms with E-state index >= 15 is 0 Å². The monoisotopic (exact) mass is 216 g/mol. The minimum absolute atomic E-state index is 0.177. The number of hydrogen-bond acceptors (Lipinski definition) is 2. The Morgan fingerprint density at radius 2 is 2.19 bits per heavy atom. The van der Waals surface area contributed by atoms with Gasteiger partial charge in [0.25, 0.3) is 0 Å². The third-order valence-electron chi connectivity index (χ3n) is 2.70. The average molecular weight is 216 g/mol. The zero-order chi connectivity index (χ0) is 11.7. The summed E-state index contributed by atoms with van der Waals surface area (Å²) in [7, 11) is 0. The summed E-state index contributed by atoms with van der Waals surface area (Å²) in [6.45, 7) is 5.93. The average Bonchev–Trinajstić information content (AvgIpc) is 2.53. The summed E-state index contributed by atoms with van der Waals surface area (Å²) >= 11 is 0. The summed E-state index contributed by atoms with van der Waals surface area (Å²) < 4.78 is 1.89. The Hall–Kier alpha value is -1.64. The highest BCUT2D eigenvalue weighted by atomic mass is 16.1. The summed E-state index contributed by atoms with van der Waals surface area (Å²) in [6.07, 6.45) is 3.38. The van der Waals surface area contributed by atoms with Gasteiger partial charge in [0, 0.05) is 12.6 Å². The summed E-state index contributed by atoms with van der Waals surface area (Å²) in [6, 6.07) is 3.99. The molecule has 0 saturated heterocycles. The van der Waals surface area contributed by atoms with Crippen LogP contribution in [0.3, 0.4) is 0 Å². The fourth-order valence-corrected chi connectivity index (χ4v) is 1.95. The molecule has 0 bridgehead atoms. The second-order valence-electron chi connectivity index (χ2n) is 4.15. The number of nitrogens with zero attached hydrogens (tertiary/aromatic N) is 2. The molecule has 0 radical (unpaired) electrons. The van der Waals surface area contributed by atoms with E-state index in [9.17, 15) is 4.79 Å². The molecule has 3 heteroatoms. The van der Waals surface area contributed by atoms with Crippen LogP contribution >= 0.6 is 0 Å². The Labute approximate surface area is 95.1 Å². The Balaban J connectivity index is 2.60. The second kappa shape index (κ2) is 4.08. The highest BCUT2D eigenvalue weighted by Gasteiger charge is 2.15. The van der Waals surface area contributed by atoms with Crippen LogP contribution in [0, 0.1) is 13.8 Å². The molecular weight excluding hydrogens is 200 g/mol. The van der Waals surface area contributed by atoms with Crippen LogP contribution in [0.4, 0.5) is 0 Å². The molecule has 0 atom stereocenters. The molecule has 0 N–H and O–H groups in total. The third kappa shape index (κ3) is 1.73. The predicted octanol–water partition coefficient (Wildman–Crippen LogP) is 2.93. The van der Waals surface area contributed by atoms with Crippen LogP contribution in [-0.4, -0.2) is 15.2 Å². The lowest BCUT2D eigenvalue weighted by molar-refractivity contribution is 0.0975. The molecule has 0 fully saturated rings. The van der Waals surface area contributed by atoms with E-state index in [0.29, 0.717) is 6.42 Å². The molecule has 0 aliphatic carbocycles. The number of rotatable bonds is 3. The maximum Gasteiger partial charge on any atom is 0.181 e. The number of pyridine rings is 1. The van der Waals surface area contributed by atoms with Crippen molar-refractivity contribution in [1.29, 1.82) is 0 Å². The molecule has 16 heavy (non-hydrogen) atoms. The summed E-state index contributed by atoms with van der Waals surface area (Å²) in [5.74, 6) is 0.177. The molecule has 2 aromatic rings. The molecule has 0 saturated carbocycles. The van der Waals surface area contributed by atoms with E-state index < -0.39 is 0 Å². The van der Waals surface area contributed by atoms with Crippen LogP contribution in [0.25, 0.3) is 5.65 Å². The molecule has 0 aromatic carbocycles. The van der Waals surface area contributed by atoms with E-state index in [1.165, 1.54) is 0 Å². The molecule has 0 unspecified atom stereocenters. The molecule has 2 aromatic heterocycles. The molecule has 0 amide bonds. The Kier molecular flexibility index (Phi) is 2.77. The van der Waals surface area contributed by atoms with Gasteiger partial charge in [0.15, 0.2) is 5.78 Å². The van der Waals surface area contributed by atoms with Crippen molar-refractivity contribution in [3.05, 3.63) is 35.3 Å². The number of ketones is 1. The SMILES string of the molecule is CCCC(=O)c1c(C)nc2cc(C)ccn12. The highest BCUT2D eigenvalue weighted by Crippen LogP contribution is 2.15. The van der Waals surface area contributed by atoms with Gasteiger partial charge in [0.05, 0.1) is 5.69 Å². The number of hydrogen-bond donors (Lipinski definition) is 0. The van der Waals surface area contributed by atoms with E-state index in [0.717, 1.165) is 29.0 Å². The maximum absolute atomic E-state index is 12.0. The molecule has 0 spiro atoms. The van der Waals surface area contributed by atoms with E-state index in [-0.39, 0.29) is 5.78 Å². The lowest BCUT2D eigenvalue weighted by Crippen LogP contribution is -2.04. The van der Waals surface area contributed by atoms with Crippen LogP contribution in [-0.2, 0) is 0 Å². The molecule has 3 nitrogen and oxygen atoms in total. The molecule has 84 valence electrons. The first-order valence-corrected chi connectivity index (χ1v) is 5.62. The number of carbonyl (C=O) groups is 1. The lowest BCUT2D eigenvalue weighted by Gasteiger charge is -2.01. The Morgan fingerprint density at radius 1 is 1.44 bits per heavy atom. The second-order valence-corrected chi connectivity index (χ2v) is 4.15. The van der Waals surface area contributed by atoms with E-state index in [1.807, 2.05) is 43.5 Å². The molecule has 2 rings (SSSR count). The van der Waals surface area contributed by atoms with Crippen molar-refractivity contribution in [2.45, 2.75) is 33.6 Å². The van der Waals surface area contributed by atoms with E-state index in [1.54, 1.807) is 0 Å². The topological polar surface area (TPSA) is 34.4 Å². The Bertz CT molecular complexity index is 540. The molecule has 2 heterocycles. The summed E-state index contributed by atoms with van der Waals surface area (Å²) in [5.41, 5.74) is 3.57. The molecule has 0 aliphatic heterocycles. The Morgan fingerprint density at radius 3 is 2.88 bits per heavy atom. The van der Waals surface area contributed by atoms with Gasteiger partial charge in [-0.3, -0.25) is 9.20 Å². The molecular formula is C13H16N2O. The van der Waals surface area contributed by atoms with Crippen molar-refractivity contribution in [1.82, 2.24) is 9.38 Å². The smallest absolute Gasteiger partial charge is 0.181 e. The van der Waals surface area contributed by atoms with Crippen LogP contribution in [0.5, 0.6) is 0 Å². The van der Waals surface area contributed by atoms with Crippen molar-refractivity contribution in [2.24, 2.45) is 0 Å². The standard InChI is InChI=1S/C13H16N2O/c1-4-5-11(16)13-10(3)14-12-8-9(2)6-7-15(12)13/h6-8H,4-5H2,1-3H3. The van der Waals surface area contributed by atoms with E-state index in [4.69, 9.17) is 0 Å². The van der Waals surface area contributed by atoms with Gasteiger partial charge in [-0.1, -0.05) is 6.92 Å². The number of imidazole rings is 1. The number of fused-ring (bicyclic) bond motifs is 1. The van der Waals surface area contributed by atoms with Gasteiger partial charge in [-0.05, 0) is 38.0 Å². The van der Waals surface area contributed by atoms with Crippen molar-refractivity contribution in [3.8, 4) is 0 Å². The fraction of sp³-hybridized carbons (Fsp3) is 0.385. The largest absolute Gasteiger partial charge is 0.297 e. The third-order valence-corrected chi connectivity index (χ3v) is 2.70. The van der Waals surface area contributed by atoms with Crippen molar-refractivity contribution < 1.29 is 4.79 Å². The summed E-state index contributed by atoms with van der Waals surface area (Å²) in [5, 5.41) is 0. The predicted molar refractivity (Wildman–Crippen MR) is 63.9 cm³/mol. The first kappa shape index (κ1) is 10.9. The minimum Gasteiger partial charge on any atom is -0.297 e. The number of aromatic nitrogens is 2. The summed E-state index contributed by atoms with van der Waals surface area (Å²) in [4.78, 5) is 16.4. The first-order valence-electron chi connectivity index (χ1n) is 5.62. The van der Waals surface area contributed by atoms with Gasteiger partial charge >= 0.3 is 0 Å². The zero-order valence-corrected chi connectivity index (χ0v) is 9.95. The molecule has 0 aliphatic rings. The van der Waals surface area contributed by atoms with Crippen LogP contribution in [0.2, 0.25) is 0 Å². The van der Waals surface area contributed by atoms with Gasteiger partial charge in [-0.25, -0.2) is 4.98 Å². The van der Waals surface area contributed by atoms with Crippen molar-refractivity contribution in [3.63, 3.8) is 0 Å². The highest BCUT2D eigenvalue weighted by molar-refractivity contribution is 5.96. The normalized spacial score (nSPS) is 10.9. The lowest BCUT2D eigenvalue weighted by atomic mass is 10.1. The fourth-order valence-electron chi connectivity index (χ4n) is 1.95. The van der Waals surface area contributed by atoms with Gasteiger partial charge in [0.1, 0.15) is 11.3 Å². The van der Waals surface area contributed by atoms with E-state index in [2.05, 4.69) is 4.98 Å². The minimum atomic E-state index is 0.177. The first-order chi connectivity index (χ1) is 7.63. The van der Waals surface area contributed by atoms with Gasteiger partial charge in [-0.2, -0.15) is 0 Å². The van der Waals surface area contributed by atoms with Crippen molar-refractivity contribution >= 4 is 11.4 Å². The number of aryl methyl sites for hydroxylation is 2. The van der Waals surface area contributed by atoms with Crippen LogP contribution < -0.4 is 0 Å².